The third-order valence-electron chi connectivity index (χ3n) is 1.37. The number of nitrogens with one attached hydrogen (secondary N) is 1. The van der Waals surface area contributed by atoms with Crippen molar-refractivity contribution in [1.82, 2.24) is 5.32 Å². The van der Waals surface area contributed by atoms with Gasteiger partial charge in [0.25, 0.3) is 0 Å². The molecule has 3 heteroatoms. The zero-order chi connectivity index (χ0) is 8.85. The van der Waals surface area contributed by atoms with E-state index in [4.69, 9.17) is 5.11 Å². The molecule has 0 amide bonds. The molecule has 0 aromatic carbocycles. The van der Waals surface area contributed by atoms with Gasteiger partial charge in [-0.05, 0) is 26.8 Å². The fourth-order valence-electron chi connectivity index (χ4n) is 0.589. The molecule has 3 nitrogen and oxygen atoms in total. The van der Waals surface area contributed by atoms with Gasteiger partial charge in [-0.2, -0.15) is 0 Å². The van der Waals surface area contributed by atoms with Gasteiger partial charge >= 0.3 is 5.97 Å². The number of carbonyl (C=O) groups is 1. The molecule has 0 saturated carbocycles. The molecule has 0 aromatic rings. The molecule has 0 bridgehead atoms. The summed E-state index contributed by atoms with van der Waals surface area (Å²) in [5.74, 6) is -0.813. The molecule has 2 N–H and O–H groups in total. The van der Waals surface area contributed by atoms with Gasteiger partial charge in [-0.1, -0.05) is 5.57 Å². The molecule has 0 aliphatic carbocycles. The van der Waals surface area contributed by atoms with E-state index in [1.165, 1.54) is 0 Å². The Morgan fingerprint density at radius 3 is 2.64 bits per heavy atom. The van der Waals surface area contributed by atoms with Gasteiger partial charge in [0.2, 0.25) is 0 Å². The minimum Gasteiger partial charge on any atom is -0.480 e. The number of aliphatic carboxylic acids is 1. The summed E-state index contributed by atoms with van der Waals surface area (Å²) in [6.45, 7) is 7.94. The second-order valence-corrected chi connectivity index (χ2v) is 2.72. The molecule has 11 heavy (non-hydrogen) atoms. The number of hydrogen-bond donors (Lipinski definition) is 2. The second kappa shape index (κ2) is 4.91. The van der Waals surface area contributed by atoms with Crippen LogP contribution in [0.3, 0.4) is 0 Å². The molecule has 0 aliphatic rings. The third kappa shape index (κ3) is 5.61. The van der Waals surface area contributed by atoms with E-state index in [0.29, 0.717) is 6.54 Å². The Kier molecular flexibility index (Phi) is 4.54. The molecular formula is C8H15NO2. The highest BCUT2D eigenvalue weighted by atomic mass is 16.4. The van der Waals surface area contributed by atoms with E-state index < -0.39 is 12.0 Å². The van der Waals surface area contributed by atoms with Crippen LogP contribution in [0.25, 0.3) is 0 Å². The number of hydrogen-bond acceptors (Lipinski definition) is 2. The first-order valence-corrected chi connectivity index (χ1v) is 3.64. The zero-order valence-electron chi connectivity index (χ0n) is 7.05. The first kappa shape index (κ1) is 10.2. The van der Waals surface area contributed by atoms with Gasteiger partial charge in [0.05, 0.1) is 0 Å². The summed E-state index contributed by atoms with van der Waals surface area (Å²) < 4.78 is 0. The maximum absolute atomic E-state index is 10.3. The van der Waals surface area contributed by atoms with Crippen LogP contribution in [-0.2, 0) is 4.79 Å². The molecule has 0 unspecified atom stereocenters. The van der Waals surface area contributed by atoms with Gasteiger partial charge in [0.15, 0.2) is 0 Å². The number of rotatable bonds is 5. The van der Waals surface area contributed by atoms with Crippen LogP contribution in [0.2, 0.25) is 0 Å². The first-order chi connectivity index (χ1) is 5.04. The van der Waals surface area contributed by atoms with Crippen LogP contribution in [-0.4, -0.2) is 23.7 Å². The highest BCUT2D eigenvalue weighted by Crippen LogP contribution is 1.92. The van der Waals surface area contributed by atoms with Gasteiger partial charge in [-0.15, -0.1) is 6.58 Å². The summed E-state index contributed by atoms with van der Waals surface area (Å²) >= 11 is 0. The quantitative estimate of drug-likeness (QED) is 0.586. The van der Waals surface area contributed by atoms with Gasteiger partial charge < -0.3 is 10.4 Å². The fourth-order valence-corrected chi connectivity index (χ4v) is 0.589. The van der Waals surface area contributed by atoms with E-state index in [2.05, 4.69) is 11.9 Å². The fraction of sp³-hybridized carbons (Fsp3) is 0.625. The molecule has 0 heterocycles. The first-order valence-electron chi connectivity index (χ1n) is 3.64. The van der Waals surface area contributed by atoms with Gasteiger partial charge in [0.1, 0.15) is 6.04 Å². The summed E-state index contributed by atoms with van der Waals surface area (Å²) in [5.41, 5.74) is 1.06. The Morgan fingerprint density at radius 1 is 1.73 bits per heavy atom. The average molecular weight is 157 g/mol. The van der Waals surface area contributed by atoms with Crippen molar-refractivity contribution in [1.29, 1.82) is 0 Å². The van der Waals surface area contributed by atoms with Crippen molar-refractivity contribution in [2.75, 3.05) is 6.54 Å². The van der Waals surface area contributed by atoms with Gasteiger partial charge in [-0.3, -0.25) is 4.79 Å². The predicted octanol–water partition coefficient (Wildman–Crippen LogP) is 1.02. The Balaban J connectivity index is 3.39. The lowest BCUT2D eigenvalue weighted by Gasteiger charge is -2.07. The van der Waals surface area contributed by atoms with Crippen LogP contribution in [0.15, 0.2) is 12.2 Å². The number of carboxylic acid groups (broad SMARTS) is 1. The summed E-state index contributed by atoms with van der Waals surface area (Å²) in [6, 6.07) is -0.464. The molecule has 0 rings (SSSR count). The molecule has 0 aliphatic heterocycles. The van der Waals surface area contributed by atoms with Crippen molar-refractivity contribution in [2.24, 2.45) is 0 Å². The minimum absolute atomic E-state index is 0.464. The molecule has 0 saturated heterocycles. The maximum Gasteiger partial charge on any atom is 0.320 e. The van der Waals surface area contributed by atoms with E-state index in [0.717, 1.165) is 12.0 Å². The van der Waals surface area contributed by atoms with E-state index in [1.807, 2.05) is 6.92 Å². The van der Waals surface area contributed by atoms with E-state index in [9.17, 15) is 4.79 Å². The van der Waals surface area contributed by atoms with Crippen LogP contribution in [0.1, 0.15) is 20.3 Å². The Hall–Kier alpha value is -0.830. The van der Waals surface area contributed by atoms with Crippen molar-refractivity contribution in [3.8, 4) is 0 Å². The Labute approximate surface area is 67.1 Å². The van der Waals surface area contributed by atoms with Crippen molar-refractivity contribution in [3.63, 3.8) is 0 Å². The summed E-state index contributed by atoms with van der Waals surface area (Å²) in [5, 5.41) is 11.3. The maximum atomic E-state index is 10.3. The van der Waals surface area contributed by atoms with Crippen LogP contribution < -0.4 is 5.32 Å². The second-order valence-electron chi connectivity index (χ2n) is 2.72. The molecule has 0 aromatic heterocycles. The van der Waals surface area contributed by atoms with Crippen LogP contribution in [0.4, 0.5) is 0 Å². The average Bonchev–Trinajstić information content (AvgIpc) is 1.86. The van der Waals surface area contributed by atoms with Crippen molar-refractivity contribution >= 4 is 5.97 Å². The molecular weight excluding hydrogens is 142 g/mol. The van der Waals surface area contributed by atoms with Crippen LogP contribution in [0.5, 0.6) is 0 Å². The summed E-state index contributed by atoms with van der Waals surface area (Å²) in [6.07, 6.45) is 0.831. The molecule has 64 valence electrons. The number of carboxylic acids is 1. The Bertz CT molecular complexity index is 154. The van der Waals surface area contributed by atoms with Crippen molar-refractivity contribution in [3.05, 3.63) is 12.2 Å². The SMILES string of the molecule is C=C(C)CCN[C@@H](C)C(=O)O. The monoisotopic (exact) mass is 157 g/mol. The lowest BCUT2D eigenvalue weighted by atomic mass is 10.2. The standard InChI is InChI=1S/C8H15NO2/c1-6(2)4-5-9-7(3)8(10)11/h7,9H,1,4-5H2,2-3H3,(H,10,11)/t7-/m0/s1. The lowest BCUT2D eigenvalue weighted by molar-refractivity contribution is -0.138. The van der Waals surface area contributed by atoms with E-state index >= 15 is 0 Å². The summed E-state index contributed by atoms with van der Waals surface area (Å²) in [4.78, 5) is 10.3. The normalized spacial score (nSPS) is 12.5. The van der Waals surface area contributed by atoms with Crippen molar-refractivity contribution in [2.45, 2.75) is 26.3 Å². The molecule has 1 atom stereocenters. The van der Waals surface area contributed by atoms with Crippen LogP contribution in [0, 0.1) is 0 Å². The van der Waals surface area contributed by atoms with Gasteiger partial charge in [0, 0.05) is 0 Å². The molecule has 0 spiro atoms. The van der Waals surface area contributed by atoms with Gasteiger partial charge in [-0.25, -0.2) is 0 Å². The van der Waals surface area contributed by atoms with E-state index in [1.54, 1.807) is 6.92 Å². The lowest BCUT2D eigenvalue weighted by Crippen LogP contribution is -2.34. The highest BCUT2D eigenvalue weighted by molar-refractivity contribution is 5.72. The largest absolute Gasteiger partial charge is 0.480 e. The molecule has 0 radical (unpaired) electrons. The Morgan fingerprint density at radius 2 is 2.27 bits per heavy atom. The zero-order valence-corrected chi connectivity index (χ0v) is 7.05. The molecule has 0 fully saturated rings. The minimum atomic E-state index is -0.813. The smallest absolute Gasteiger partial charge is 0.320 e. The van der Waals surface area contributed by atoms with Crippen molar-refractivity contribution < 1.29 is 9.90 Å². The topological polar surface area (TPSA) is 49.3 Å². The van der Waals surface area contributed by atoms with E-state index in [-0.39, 0.29) is 0 Å². The summed E-state index contributed by atoms with van der Waals surface area (Å²) in [7, 11) is 0. The van der Waals surface area contributed by atoms with Crippen LogP contribution >= 0.6 is 0 Å². The third-order valence-corrected chi connectivity index (χ3v) is 1.37. The highest BCUT2D eigenvalue weighted by Gasteiger charge is 2.07. The predicted molar refractivity (Wildman–Crippen MR) is 44.5 cm³/mol.